The summed E-state index contributed by atoms with van der Waals surface area (Å²) in [6.07, 6.45) is 7.80. The molecule has 2 aromatic rings. The van der Waals surface area contributed by atoms with Crippen molar-refractivity contribution in [2.24, 2.45) is 7.05 Å². The predicted octanol–water partition coefficient (Wildman–Crippen LogP) is 2.63. The molecule has 1 aromatic carbocycles. The van der Waals surface area contributed by atoms with E-state index >= 15 is 0 Å². The summed E-state index contributed by atoms with van der Waals surface area (Å²) in [5.74, 6) is 0.854. The molecule has 100 valence electrons. The molecule has 19 heavy (non-hydrogen) atoms. The molecule has 0 radical (unpaired) electrons. The van der Waals surface area contributed by atoms with Crippen LogP contribution in [0, 0.1) is 0 Å². The molecule has 1 aliphatic rings. The lowest BCUT2D eigenvalue weighted by Gasteiger charge is -2.05. The van der Waals surface area contributed by atoms with Crippen LogP contribution < -0.4 is 5.32 Å². The van der Waals surface area contributed by atoms with E-state index in [9.17, 15) is 0 Å². The number of nitrogens with zero attached hydrogens (tertiary/aromatic N) is 2. The summed E-state index contributed by atoms with van der Waals surface area (Å²) in [5, 5.41) is 7.66. The van der Waals surface area contributed by atoms with Crippen molar-refractivity contribution >= 4 is 0 Å². The minimum Gasteiger partial charge on any atom is -0.312 e. The van der Waals surface area contributed by atoms with E-state index in [1.165, 1.54) is 29.5 Å². The summed E-state index contributed by atoms with van der Waals surface area (Å²) in [6.45, 7) is 1.95. The van der Waals surface area contributed by atoms with E-state index < -0.39 is 0 Å². The summed E-state index contributed by atoms with van der Waals surface area (Å²) >= 11 is 0. The lowest BCUT2D eigenvalue weighted by atomic mass is 10.1. The second kappa shape index (κ2) is 5.57. The normalized spacial score (nSPS) is 14.8. The van der Waals surface area contributed by atoms with Crippen LogP contribution >= 0.6 is 0 Å². The Kier molecular flexibility index (Phi) is 3.65. The summed E-state index contributed by atoms with van der Waals surface area (Å²) in [7, 11) is 1.96. The molecule has 1 N–H and O–H groups in total. The van der Waals surface area contributed by atoms with Crippen LogP contribution in [-0.4, -0.2) is 16.3 Å². The van der Waals surface area contributed by atoms with Crippen molar-refractivity contribution in [3.63, 3.8) is 0 Å². The fourth-order valence-electron chi connectivity index (χ4n) is 2.39. The van der Waals surface area contributed by atoms with Gasteiger partial charge >= 0.3 is 0 Å². The van der Waals surface area contributed by atoms with Gasteiger partial charge in [-0.2, -0.15) is 5.10 Å². The number of hydrogen-bond donors (Lipinski definition) is 1. The third-order valence-corrected chi connectivity index (χ3v) is 3.71. The molecule has 1 aliphatic carbocycles. The van der Waals surface area contributed by atoms with E-state index in [1.807, 2.05) is 17.9 Å². The molecule has 3 rings (SSSR count). The fraction of sp³-hybridized carbons (Fsp3) is 0.438. The summed E-state index contributed by atoms with van der Waals surface area (Å²) in [5.41, 5.74) is 4.17. The Morgan fingerprint density at radius 3 is 2.63 bits per heavy atom. The summed E-state index contributed by atoms with van der Waals surface area (Å²) in [4.78, 5) is 0. The van der Waals surface area contributed by atoms with Crippen LogP contribution in [0.3, 0.4) is 0 Å². The largest absolute Gasteiger partial charge is 0.312 e. The Balaban J connectivity index is 1.41. The first kappa shape index (κ1) is 12.4. The Morgan fingerprint density at radius 2 is 2.00 bits per heavy atom. The van der Waals surface area contributed by atoms with Gasteiger partial charge < -0.3 is 5.32 Å². The minimum atomic E-state index is 0.854. The zero-order valence-electron chi connectivity index (χ0n) is 11.5. The Bertz CT molecular complexity index is 523. The maximum absolute atomic E-state index is 4.17. The maximum Gasteiger partial charge on any atom is 0.0522 e. The standard InChI is InChI=1S/C16H21N3/c1-19-12-14(11-18-19)8-9-17-10-13-2-4-15(5-3-13)16-6-7-16/h2-5,11-12,16-17H,6-10H2,1H3. The van der Waals surface area contributed by atoms with Gasteiger partial charge in [-0.3, -0.25) is 4.68 Å². The quantitative estimate of drug-likeness (QED) is 0.804. The number of rotatable bonds is 6. The molecule has 0 spiro atoms. The number of nitrogens with one attached hydrogen (secondary N) is 1. The van der Waals surface area contributed by atoms with Crippen molar-refractivity contribution in [1.29, 1.82) is 0 Å². The third kappa shape index (κ3) is 3.44. The van der Waals surface area contributed by atoms with Gasteiger partial charge in [0.2, 0.25) is 0 Å². The van der Waals surface area contributed by atoms with Crippen LogP contribution in [0.25, 0.3) is 0 Å². The Morgan fingerprint density at radius 1 is 1.21 bits per heavy atom. The summed E-state index contributed by atoms with van der Waals surface area (Å²) in [6, 6.07) is 9.08. The Hall–Kier alpha value is -1.61. The van der Waals surface area contributed by atoms with Gasteiger partial charge in [-0.15, -0.1) is 0 Å². The van der Waals surface area contributed by atoms with Gasteiger partial charge in [-0.05, 0) is 48.4 Å². The van der Waals surface area contributed by atoms with E-state index in [0.29, 0.717) is 0 Å². The number of aryl methyl sites for hydroxylation is 1. The number of hydrogen-bond acceptors (Lipinski definition) is 2. The van der Waals surface area contributed by atoms with E-state index in [-0.39, 0.29) is 0 Å². The first-order valence-electron chi connectivity index (χ1n) is 7.08. The zero-order valence-corrected chi connectivity index (χ0v) is 11.5. The van der Waals surface area contributed by atoms with Gasteiger partial charge in [0.15, 0.2) is 0 Å². The van der Waals surface area contributed by atoms with Crippen molar-refractivity contribution < 1.29 is 0 Å². The highest BCUT2D eigenvalue weighted by Gasteiger charge is 2.22. The van der Waals surface area contributed by atoms with Crippen molar-refractivity contribution in [2.75, 3.05) is 6.54 Å². The van der Waals surface area contributed by atoms with Gasteiger partial charge in [0, 0.05) is 19.8 Å². The number of benzene rings is 1. The molecular weight excluding hydrogens is 234 g/mol. The highest BCUT2D eigenvalue weighted by molar-refractivity contribution is 5.27. The van der Waals surface area contributed by atoms with Crippen molar-refractivity contribution in [3.8, 4) is 0 Å². The molecule has 0 saturated heterocycles. The second-order valence-corrected chi connectivity index (χ2v) is 5.46. The fourth-order valence-corrected chi connectivity index (χ4v) is 2.39. The molecule has 1 heterocycles. The molecule has 1 fully saturated rings. The van der Waals surface area contributed by atoms with Crippen molar-refractivity contribution in [2.45, 2.75) is 31.7 Å². The minimum absolute atomic E-state index is 0.854. The van der Waals surface area contributed by atoms with Crippen LogP contribution in [0.2, 0.25) is 0 Å². The SMILES string of the molecule is Cn1cc(CCNCc2ccc(C3CC3)cc2)cn1. The van der Waals surface area contributed by atoms with Gasteiger partial charge in [0.1, 0.15) is 0 Å². The molecule has 0 aliphatic heterocycles. The van der Waals surface area contributed by atoms with Gasteiger partial charge in [0.25, 0.3) is 0 Å². The lowest BCUT2D eigenvalue weighted by molar-refractivity contribution is 0.686. The first-order chi connectivity index (χ1) is 9.31. The molecule has 0 atom stereocenters. The van der Waals surface area contributed by atoms with E-state index in [1.54, 1.807) is 0 Å². The molecule has 1 saturated carbocycles. The topological polar surface area (TPSA) is 29.9 Å². The molecule has 0 bridgehead atoms. The second-order valence-electron chi connectivity index (χ2n) is 5.46. The summed E-state index contributed by atoms with van der Waals surface area (Å²) < 4.78 is 1.85. The van der Waals surface area contributed by atoms with Gasteiger partial charge in [-0.25, -0.2) is 0 Å². The third-order valence-electron chi connectivity index (χ3n) is 3.71. The van der Waals surface area contributed by atoms with E-state index in [4.69, 9.17) is 0 Å². The van der Waals surface area contributed by atoms with Crippen LogP contribution in [0.4, 0.5) is 0 Å². The maximum atomic E-state index is 4.17. The highest BCUT2D eigenvalue weighted by atomic mass is 15.2. The highest BCUT2D eigenvalue weighted by Crippen LogP contribution is 2.39. The van der Waals surface area contributed by atoms with Crippen molar-refractivity contribution in [3.05, 3.63) is 53.3 Å². The zero-order chi connectivity index (χ0) is 13.1. The van der Waals surface area contributed by atoms with Crippen LogP contribution in [0.15, 0.2) is 36.7 Å². The molecule has 1 aromatic heterocycles. The van der Waals surface area contributed by atoms with Crippen molar-refractivity contribution in [1.82, 2.24) is 15.1 Å². The molecule has 3 heteroatoms. The molecule has 0 unspecified atom stereocenters. The van der Waals surface area contributed by atoms with Crippen LogP contribution in [0.1, 0.15) is 35.4 Å². The molecular formula is C16H21N3. The van der Waals surface area contributed by atoms with E-state index in [0.717, 1.165) is 25.4 Å². The number of aromatic nitrogens is 2. The van der Waals surface area contributed by atoms with Gasteiger partial charge in [-0.1, -0.05) is 24.3 Å². The molecule has 3 nitrogen and oxygen atoms in total. The monoisotopic (exact) mass is 255 g/mol. The van der Waals surface area contributed by atoms with Crippen LogP contribution in [-0.2, 0) is 20.0 Å². The van der Waals surface area contributed by atoms with Crippen LogP contribution in [0.5, 0.6) is 0 Å². The van der Waals surface area contributed by atoms with Gasteiger partial charge in [0.05, 0.1) is 6.20 Å². The average Bonchev–Trinajstić information content (AvgIpc) is 3.19. The predicted molar refractivity (Wildman–Crippen MR) is 77.0 cm³/mol. The Labute approximate surface area is 114 Å². The lowest BCUT2D eigenvalue weighted by Crippen LogP contribution is -2.16. The smallest absolute Gasteiger partial charge is 0.0522 e. The average molecular weight is 255 g/mol. The first-order valence-corrected chi connectivity index (χ1v) is 7.08. The van der Waals surface area contributed by atoms with E-state index in [2.05, 4.69) is 40.9 Å². The molecule has 0 amide bonds.